The van der Waals surface area contributed by atoms with E-state index in [1.807, 2.05) is 29.3 Å². The Balaban J connectivity index is 1.36. The van der Waals surface area contributed by atoms with Gasteiger partial charge in [0.15, 0.2) is 5.82 Å². The van der Waals surface area contributed by atoms with E-state index in [2.05, 4.69) is 22.4 Å². The summed E-state index contributed by atoms with van der Waals surface area (Å²) >= 11 is 0. The number of fused-ring (bicyclic) bond motifs is 1. The lowest BCUT2D eigenvalue weighted by atomic mass is 10.1. The van der Waals surface area contributed by atoms with E-state index in [9.17, 15) is 14.4 Å². The summed E-state index contributed by atoms with van der Waals surface area (Å²) in [5.74, 6) is 0.439. The molecule has 1 aromatic carbocycles. The number of primary amides is 1. The van der Waals surface area contributed by atoms with E-state index in [-0.39, 0.29) is 18.2 Å². The van der Waals surface area contributed by atoms with Crippen LogP contribution in [0, 0.1) is 0 Å². The third-order valence-electron chi connectivity index (χ3n) is 5.90. The Morgan fingerprint density at radius 1 is 1.25 bits per heavy atom. The highest BCUT2D eigenvalue weighted by Crippen LogP contribution is 2.28. The number of carbonyl (C=O) groups excluding carboxylic acids is 3. The smallest absolute Gasteiger partial charge is 0.329 e. The number of nitrogens with zero attached hydrogens (tertiary/aromatic N) is 4. The quantitative estimate of drug-likeness (QED) is 0.581. The Morgan fingerprint density at radius 3 is 2.69 bits per heavy atom. The normalized spacial score (nSPS) is 15.8. The maximum Gasteiger partial charge on any atom is 0.329 e. The number of nitrogens with two attached hydrogens (primary N) is 1. The van der Waals surface area contributed by atoms with Crippen molar-refractivity contribution in [2.24, 2.45) is 5.73 Å². The van der Waals surface area contributed by atoms with Gasteiger partial charge < -0.3 is 16.0 Å². The van der Waals surface area contributed by atoms with E-state index in [0.717, 1.165) is 48.3 Å². The molecule has 0 radical (unpaired) electrons. The summed E-state index contributed by atoms with van der Waals surface area (Å²) in [6.45, 7) is 4.30. The van der Waals surface area contributed by atoms with Gasteiger partial charge in [0.25, 0.3) is 0 Å². The maximum atomic E-state index is 12.6. The van der Waals surface area contributed by atoms with Crippen LogP contribution >= 0.6 is 0 Å². The number of hydrazine groups is 1. The molecule has 4 N–H and O–H groups in total. The van der Waals surface area contributed by atoms with Gasteiger partial charge in [-0.2, -0.15) is 5.10 Å². The summed E-state index contributed by atoms with van der Waals surface area (Å²) < 4.78 is 0. The van der Waals surface area contributed by atoms with Crippen LogP contribution in [0.4, 0.5) is 16.3 Å². The number of nitrogens with one attached hydrogen (secondary N) is 2. The predicted molar refractivity (Wildman–Crippen MR) is 119 cm³/mol. The van der Waals surface area contributed by atoms with Gasteiger partial charge in [0.05, 0.1) is 18.7 Å². The fraction of sp³-hybridized carbons (Fsp3) is 0.455. The molecule has 1 fully saturated rings. The van der Waals surface area contributed by atoms with Crippen molar-refractivity contribution >= 4 is 29.4 Å². The van der Waals surface area contributed by atoms with E-state index in [4.69, 9.17) is 5.73 Å². The third kappa shape index (κ3) is 4.59. The number of hydrogen-bond donors (Lipinski definition) is 3. The van der Waals surface area contributed by atoms with E-state index < -0.39 is 6.03 Å². The first-order chi connectivity index (χ1) is 15.5. The van der Waals surface area contributed by atoms with Crippen molar-refractivity contribution in [3.05, 3.63) is 41.1 Å². The molecular formula is C22H29N7O3. The van der Waals surface area contributed by atoms with Crippen LogP contribution in [0.2, 0.25) is 0 Å². The highest BCUT2D eigenvalue weighted by atomic mass is 16.2. The van der Waals surface area contributed by atoms with Crippen LogP contribution in [0.25, 0.3) is 0 Å². The molecule has 170 valence electrons. The van der Waals surface area contributed by atoms with Crippen molar-refractivity contribution in [3.8, 4) is 0 Å². The zero-order chi connectivity index (χ0) is 22.7. The SMILES string of the molecule is CCCCN(C(N)=O)N1Cc2[nH]nc(NC(=O)Cc3ccc(N4CCCC4=O)cc3)c2C1. The van der Waals surface area contributed by atoms with Crippen LogP contribution in [-0.2, 0) is 29.1 Å². The second-order valence-corrected chi connectivity index (χ2v) is 8.21. The van der Waals surface area contributed by atoms with Crippen molar-refractivity contribution in [2.75, 3.05) is 23.3 Å². The van der Waals surface area contributed by atoms with Crippen LogP contribution in [0.15, 0.2) is 24.3 Å². The molecule has 2 aliphatic rings. The molecule has 2 aliphatic heterocycles. The van der Waals surface area contributed by atoms with Crippen molar-refractivity contribution < 1.29 is 14.4 Å². The minimum Gasteiger partial charge on any atom is -0.350 e. The molecular weight excluding hydrogens is 410 g/mol. The Morgan fingerprint density at radius 2 is 2.03 bits per heavy atom. The van der Waals surface area contributed by atoms with Crippen molar-refractivity contribution in [2.45, 2.75) is 52.1 Å². The number of amides is 4. The first-order valence-corrected chi connectivity index (χ1v) is 11.0. The summed E-state index contributed by atoms with van der Waals surface area (Å²) in [6.07, 6.45) is 3.49. The molecule has 1 aromatic heterocycles. The van der Waals surface area contributed by atoms with Crippen LogP contribution in [0.1, 0.15) is 49.4 Å². The number of aromatic nitrogens is 2. The second kappa shape index (κ2) is 9.39. The number of carbonyl (C=O) groups is 3. The Bertz CT molecular complexity index is 1000. The van der Waals surface area contributed by atoms with Crippen LogP contribution in [0.5, 0.6) is 0 Å². The molecule has 2 aromatic rings. The van der Waals surface area contributed by atoms with Gasteiger partial charge in [0, 0.05) is 37.3 Å². The Kier molecular flexibility index (Phi) is 6.40. The zero-order valence-corrected chi connectivity index (χ0v) is 18.3. The largest absolute Gasteiger partial charge is 0.350 e. The lowest BCUT2D eigenvalue weighted by Gasteiger charge is -2.29. The zero-order valence-electron chi connectivity index (χ0n) is 18.3. The molecule has 4 rings (SSSR count). The first kappa shape index (κ1) is 21.8. The predicted octanol–water partition coefficient (Wildman–Crippen LogP) is 2.13. The fourth-order valence-corrected chi connectivity index (χ4v) is 4.17. The number of aromatic amines is 1. The van der Waals surface area contributed by atoms with Gasteiger partial charge in [-0.25, -0.2) is 9.80 Å². The Hall–Kier alpha value is -3.40. The number of anilines is 2. The van der Waals surface area contributed by atoms with E-state index in [1.54, 1.807) is 9.91 Å². The van der Waals surface area contributed by atoms with Crippen molar-refractivity contribution in [1.29, 1.82) is 0 Å². The van der Waals surface area contributed by atoms with Gasteiger partial charge in [-0.15, -0.1) is 0 Å². The van der Waals surface area contributed by atoms with Crippen LogP contribution < -0.4 is 16.0 Å². The standard InChI is InChI=1S/C22H29N7O3/c1-2-3-11-29(22(23)32)27-13-17-18(14-27)25-26-21(17)24-19(30)12-15-6-8-16(9-7-15)28-10-4-5-20(28)31/h6-9H,2-5,10-14H2,1H3,(H2,23,32)(H2,24,25,26,30). The van der Waals surface area contributed by atoms with Gasteiger partial charge in [-0.05, 0) is 30.5 Å². The lowest BCUT2D eigenvalue weighted by Crippen LogP contribution is -2.47. The molecule has 32 heavy (non-hydrogen) atoms. The van der Waals surface area contributed by atoms with E-state index in [1.165, 1.54) is 0 Å². The average Bonchev–Trinajstić information content (AvgIpc) is 3.46. The minimum atomic E-state index is -0.485. The molecule has 4 amide bonds. The molecule has 3 heterocycles. The number of H-pyrrole nitrogens is 1. The van der Waals surface area contributed by atoms with E-state index >= 15 is 0 Å². The minimum absolute atomic E-state index is 0.140. The molecule has 0 unspecified atom stereocenters. The van der Waals surface area contributed by atoms with Gasteiger partial charge in [0.1, 0.15) is 0 Å². The number of hydrogen-bond acceptors (Lipinski definition) is 5. The Labute approximate surface area is 186 Å². The molecule has 0 saturated carbocycles. The van der Waals surface area contributed by atoms with Crippen molar-refractivity contribution in [3.63, 3.8) is 0 Å². The molecule has 0 spiro atoms. The highest BCUT2D eigenvalue weighted by Gasteiger charge is 2.30. The number of urea groups is 1. The number of unbranched alkanes of at least 4 members (excludes halogenated alkanes) is 1. The summed E-state index contributed by atoms with van der Waals surface area (Å²) in [6, 6.07) is 7.02. The van der Waals surface area contributed by atoms with Crippen LogP contribution in [0.3, 0.4) is 0 Å². The molecule has 1 saturated heterocycles. The molecule has 0 bridgehead atoms. The highest BCUT2D eigenvalue weighted by molar-refractivity contribution is 5.95. The summed E-state index contributed by atoms with van der Waals surface area (Å²) in [5.41, 5.74) is 9.00. The van der Waals surface area contributed by atoms with E-state index in [0.29, 0.717) is 31.9 Å². The molecule has 10 nitrogen and oxygen atoms in total. The van der Waals surface area contributed by atoms with Gasteiger partial charge in [-0.3, -0.25) is 19.7 Å². The summed E-state index contributed by atoms with van der Waals surface area (Å²) in [7, 11) is 0. The topological polar surface area (TPSA) is 128 Å². The number of rotatable bonds is 8. The van der Waals surface area contributed by atoms with Gasteiger partial charge in [-0.1, -0.05) is 25.5 Å². The molecule has 10 heteroatoms. The fourth-order valence-electron chi connectivity index (χ4n) is 4.17. The maximum absolute atomic E-state index is 12.6. The van der Waals surface area contributed by atoms with Crippen LogP contribution in [-0.4, -0.2) is 51.2 Å². The summed E-state index contributed by atoms with van der Waals surface area (Å²) in [5, 5.41) is 13.5. The molecule has 0 atom stereocenters. The summed E-state index contributed by atoms with van der Waals surface area (Å²) in [4.78, 5) is 38.1. The third-order valence-corrected chi connectivity index (χ3v) is 5.90. The average molecular weight is 440 g/mol. The monoisotopic (exact) mass is 439 g/mol. The second-order valence-electron chi connectivity index (χ2n) is 8.21. The first-order valence-electron chi connectivity index (χ1n) is 11.0. The van der Waals surface area contributed by atoms with Crippen molar-refractivity contribution in [1.82, 2.24) is 20.2 Å². The number of benzene rings is 1. The lowest BCUT2D eigenvalue weighted by molar-refractivity contribution is -0.117. The van der Waals surface area contributed by atoms with Gasteiger partial charge in [0.2, 0.25) is 11.8 Å². The molecule has 0 aliphatic carbocycles. The van der Waals surface area contributed by atoms with Gasteiger partial charge >= 0.3 is 6.03 Å².